The molecule has 2 aromatic heterocycles. The summed E-state index contributed by atoms with van der Waals surface area (Å²) in [6.45, 7) is 1.63. The monoisotopic (exact) mass is 489 g/mol. The van der Waals surface area contributed by atoms with Crippen molar-refractivity contribution in [2.45, 2.75) is 23.9 Å². The number of morpholine rings is 1. The van der Waals surface area contributed by atoms with Gasteiger partial charge in [-0.15, -0.1) is 0 Å². The van der Waals surface area contributed by atoms with Gasteiger partial charge in [-0.1, -0.05) is 18.2 Å². The number of amides is 1. The number of aromatic nitrogens is 3. The second-order valence-corrected chi connectivity index (χ2v) is 10.9. The number of ether oxygens (including phenoxy) is 1. The summed E-state index contributed by atoms with van der Waals surface area (Å²) in [6, 6.07) is 8.17. The number of fused-ring (bicyclic) bond motifs is 4. The van der Waals surface area contributed by atoms with Gasteiger partial charge in [0.1, 0.15) is 11.7 Å². The van der Waals surface area contributed by atoms with E-state index in [-0.39, 0.29) is 24.0 Å². The molecule has 6 rings (SSSR count). The standard InChI is InChI=1S/C25H23N5O4S/c1-35(32,33)19-7-5-16(6-8-19)14-30-21-13-27-23(18-11-17-3-2-4-20(17)26-12-18)28-24(21)29-9-10-34-15-22(29)25(30)31/h2,4-8,11-13,22H,3,9-10,14-15H2,1H3. The fourth-order valence-electron chi connectivity index (χ4n) is 4.71. The van der Waals surface area contributed by atoms with E-state index in [9.17, 15) is 13.2 Å². The third kappa shape index (κ3) is 3.88. The molecule has 4 heterocycles. The normalized spacial score (nSPS) is 18.9. The first-order chi connectivity index (χ1) is 16.9. The Kier molecular flexibility index (Phi) is 5.15. The maximum absolute atomic E-state index is 13.5. The van der Waals surface area contributed by atoms with E-state index in [1.807, 2.05) is 11.0 Å². The van der Waals surface area contributed by atoms with Crippen LogP contribution in [0.15, 0.2) is 53.7 Å². The van der Waals surface area contributed by atoms with Gasteiger partial charge in [0.25, 0.3) is 5.91 Å². The van der Waals surface area contributed by atoms with Crippen molar-refractivity contribution in [3.05, 3.63) is 65.6 Å². The van der Waals surface area contributed by atoms with Gasteiger partial charge >= 0.3 is 0 Å². The smallest absolute Gasteiger partial charge is 0.252 e. The average Bonchev–Trinajstić information content (AvgIpc) is 3.34. The fraction of sp³-hybridized carbons (Fsp3) is 0.280. The van der Waals surface area contributed by atoms with Crippen molar-refractivity contribution >= 4 is 33.3 Å². The van der Waals surface area contributed by atoms with Crippen molar-refractivity contribution in [2.24, 2.45) is 0 Å². The van der Waals surface area contributed by atoms with Gasteiger partial charge < -0.3 is 14.5 Å². The van der Waals surface area contributed by atoms with Crippen molar-refractivity contribution in [3.8, 4) is 11.4 Å². The van der Waals surface area contributed by atoms with Gasteiger partial charge in [0, 0.05) is 24.6 Å². The van der Waals surface area contributed by atoms with Crippen molar-refractivity contribution in [3.63, 3.8) is 0 Å². The predicted octanol–water partition coefficient (Wildman–Crippen LogP) is 2.26. The number of nitrogens with zero attached hydrogens (tertiary/aromatic N) is 5. The molecule has 0 bridgehead atoms. The van der Waals surface area contributed by atoms with E-state index < -0.39 is 15.9 Å². The number of rotatable bonds is 4. The second-order valence-electron chi connectivity index (χ2n) is 8.90. The van der Waals surface area contributed by atoms with Crippen LogP contribution in [-0.4, -0.2) is 61.3 Å². The molecule has 1 aliphatic carbocycles. The molecule has 0 saturated carbocycles. The van der Waals surface area contributed by atoms with E-state index in [0.717, 1.165) is 28.8 Å². The maximum atomic E-state index is 13.5. The molecule has 9 nitrogen and oxygen atoms in total. The lowest BCUT2D eigenvalue weighted by Gasteiger charge is -2.43. The van der Waals surface area contributed by atoms with Gasteiger partial charge in [-0.25, -0.2) is 18.4 Å². The zero-order chi connectivity index (χ0) is 24.2. The zero-order valence-electron chi connectivity index (χ0n) is 19.1. The molecule has 2 aliphatic heterocycles. The first kappa shape index (κ1) is 21.9. The summed E-state index contributed by atoms with van der Waals surface area (Å²) in [5, 5.41) is 0. The third-order valence-corrected chi connectivity index (χ3v) is 7.69. The minimum absolute atomic E-state index is 0.0917. The van der Waals surface area contributed by atoms with Crippen LogP contribution in [0.25, 0.3) is 17.5 Å². The van der Waals surface area contributed by atoms with Gasteiger partial charge in [0.05, 0.1) is 36.5 Å². The van der Waals surface area contributed by atoms with E-state index in [1.165, 1.54) is 6.26 Å². The number of hydrogen-bond donors (Lipinski definition) is 0. The van der Waals surface area contributed by atoms with E-state index in [4.69, 9.17) is 9.72 Å². The van der Waals surface area contributed by atoms with Gasteiger partial charge in [-0.05, 0) is 41.8 Å². The minimum atomic E-state index is -3.30. The molecule has 0 N–H and O–H groups in total. The fourth-order valence-corrected chi connectivity index (χ4v) is 5.34. The first-order valence-corrected chi connectivity index (χ1v) is 13.3. The molecule has 1 amide bonds. The number of carbonyl (C=O) groups is 1. The number of anilines is 2. The van der Waals surface area contributed by atoms with Gasteiger partial charge in [-0.2, -0.15) is 0 Å². The van der Waals surface area contributed by atoms with E-state index in [2.05, 4.69) is 22.1 Å². The predicted molar refractivity (Wildman–Crippen MR) is 131 cm³/mol. The molecule has 1 fully saturated rings. The number of sulfone groups is 1. The molecule has 3 aliphatic rings. The van der Waals surface area contributed by atoms with Crippen LogP contribution in [0.3, 0.4) is 0 Å². The average molecular weight is 490 g/mol. The Morgan fingerprint density at radius 1 is 1.14 bits per heavy atom. The van der Waals surface area contributed by atoms with Crippen LogP contribution in [0, 0.1) is 0 Å². The molecular formula is C25H23N5O4S. The molecule has 10 heteroatoms. The Bertz CT molecular complexity index is 1470. The molecule has 0 spiro atoms. The molecule has 1 atom stereocenters. The van der Waals surface area contributed by atoms with E-state index in [1.54, 1.807) is 41.6 Å². The largest absolute Gasteiger partial charge is 0.377 e. The Morgan fingerprint density at radius 3 is 2.77 bits per heavy atom. The molecule has 35 heavy (non-hydrogen) atoms. The van der Waals surface area contributed by atoms with Gasteiger partial charge in [0.2, 0.25) is 0 Å². The van der Waals surface area contributed by atoms with Crippen LogP contribution in [0.4, 0.5) is 11.5 Å². The molecule has 1 saturated heterocycles. The summed E-state index contributed by atoms with van der Waals surface area (Å²) < 4.78 is 29.2. The second kappa shape index (κ2) is 8.24. The summed E-state index contributed by atoms with van der Waals surface area (Å²) in [6.07, 6.45) is 9.58. The van der Waals surface area contributed by atoms with Crippen molar-refractivity contribution in [2.75, 3.05) is 35.8 Å². The van der Waals surface area contributed by atoms with Crippen LogP contribution >= 0.6 is 0 Å². The lowest BCUT2D eigenvalue weighted by molar-refractivity contribution is -0.122. The topological polar surface area (TPSA) is 106 Å². The Labute approximate surface area is 203 Å². The van der Waals surface area contributed by atoms with Crippen LogP contribution in [0.1, 0.15) is 16.8 Å². The summed E-state index contributed by atoms with van der Waals surface area (Å²) in [5.41, 5.74) is 4.38. The summed E-state index contributed by atoms with van der Waals surface area (Å²) >= 11 is 0. The zero-order valence-corrected chi connectivity index (χ0v) is 19.9. The van der Waals surface area contributed by atoms with Crippen molar-refractivity contribution < 1.29 is 17.9 Å². The minimum Gasteiger partial charge on any atom is -0.377 e. The molecule has 1 aromatic carbocycles. The van der Waals surface area contributed by atoms with E-state index in [0.29, 0.717) is 30.5 Å². The number of hydrogen-bond acceptors (Lipinski definition) is 8. The molecule has 1 unspecified atom stereocenters. The molecule has 0 radical (unpaired) electrons. The maximum Gasteiger partial charge on any atom is 0.252 e. The molecule has 3 aromatic rings. The SMILES string of the molecule is CS(=O)(=O)c1ccc(CN2C(=O)C3COCCN3c3nc(-c4cnc5c(c4)CC=C5)ncc32)cc1. The first-order valence-electron chi connectivity index (χ1n) is 11.4. The van der Waals surface area contributed by atoms with Crippen LogP contribution in [0.2, 0.25) is 0 Å². The summed E-state index contributed by atoms with van der Waals surface area (Å²) in [7, 11) is -3.30. The van der Waals surface area contributed by atoms with Crippen molar-refractivity contribution in [1.82, 2.24) is 15.0 Å². The highest BCUT2D eigenvalue weighted by molar-refractivity contribution is 7.90. The summed E-state index contributed by atoms with van der Waals surface area (Å²) in [5.74, 6) is 1.16. The highest BCUT2D eigenvalue weighted by atomic mass is 32.2. The Morgan fingerprint density at radius 2 is 1.97 bits per heavy atom. The van der Waals surface area contributed by atoms with Crippen LogP contribution < -0.4 is 9.80 Å². The summed E-state index contributed by atoms with van der Waals surface area (Å²) in [4.78, 5) is 31.4. The number of allylic oxidation sites excluding steroid dienone is 1. The number of benzene rings is 1. The Hall–Kier alpha value is -3.63. The van der Waals surface area contributed by atoms with Gasteiger partial charge in [-0.3, -0.25) is 9.78 Å². The lowest BCUT2D eigenvalue weighted by Crippen LogP contribution is -2.58. The third-order valence-electron chi connectivity index (χ3n) is 6.56. The molecular weight excluding hydrogens is 466 g/mol. The Balaban J connectivity index is 1.38. The number of pyridine rings is 1. The van der Waals surface area contributed by atoms with Gasteiger partial charge in [0.15, 0.2) is 21.5 Å². The van der Waals surface area contributed by atoms with Crippen molar-refractivity contribution in [1.29, 1.82) is 0 Å². The van der Waals surface area contributed by atoms with E-state index >= 15 is 0 Å². The lowest BCUT2D eigenvalue weighted by atomic mass is 10.1. The quantitative estimate of drug-likeness (QED) is 0.550. The highest BCUT2D eigenvalue weighted by Gasteiger charge is 2.41. The van der Waals surface area contributed by atoms with Crippen LogP contribution in [0.5, 0.6) is 0 Å². The van der Waals surface area contributed by atoms with Crippen LogP contribution in [-0.2, 0) is 32.3 Å². The highest BCUT2D eigenvalue weighted by Crippen LogP contribution is 2.37. The number of carbonyl (C=O) groups excluding carboxylic acids is 1. The molecule has 178 valence electrons.